The topological polar surface area (TPSA) is 62.2 Å². The average molecular weight is 330 g/mol. The van der Waals surface area contributed by atoms with E-state index in [4.69, 9.17) is 0 Å². The van der Waals surface area contributed by atoms with Crippen LogP contribution in [-0.4, -0.2) is 28.5 Å². The van der Waals surface area contributed by atoms with Crippen molar-refractivity contribution in [1.29, 1.82) is 0 Å². The first-order valence-electron chi connectivity index (χ1n) is 8.03. The van der Waals surface area contributed by atoms with Crippen LogP contribution >= 0.6 is 0 Å². The lowest BCUT2D eigenvalue weighted by Crippen LogP contribution is -2.36. The molecule has 0 bridgehead atoms. The molecule has 1 aromatic heterocycles. The molecular formula is C19H23FN2O2. The van der Waals surface area contributed by atoms with Gasteiger partial charge in [-0.15, -0.1) is 0 Å². The molecule has 0 radical (unpaired) electrons. The predicted octanol–water partition coefficient (Wildman–Crippen LogP) is 3.20. The van der Waals surface area contributed by atoms with Crippen molar-refractivity contribution in [2.24, 2.45) is 5.92 Å². The number of carbonyl (C=O) groups excluding carboxylic acids is 1. The van der Waals surface area contributed by atoms with Crippen LogP contribution in [0.2, 0.25) is 0 Å². The summed E-state index contributed by atoms with van der Waals surface area (Å²) in [6, 6.07) is 9.99. The van der Waals surface area contributed by atoms with Crippen LogP contribution in [-0.2, 0) is 6.54 Å². The highest BCUT2D eigenvalue weighted by atomic mass is 19.1. The first kappa shape index (κ1) is 18.2. The van der Waals surface area contributed by atoms with E-state index in [-0.39, 0.29) is 30.9 Å². The van der Waals surface area contributed by atoms with Gasteiger partial charge in [0, 0.05) is 23.7 Å². The number of carbonyl (C=O) groups is 1. The summed E-state index contributed by atoms with van der Waals surface area (Å²) in [4.78, 5) is 15.9. The minimum atomic E-state index is -0.394. The van der Waals surface area contributed by atoms with E-state index in [0.717, 1.165) is 5.56 Å². The molecule has 0 amide bonds. The van der Waals surface area contributed by atoms with Crippen molar-refractivity contribution in [3.63, 3.8) is 0 Å². The van der Waals surface area contributed by atoms with Gasteiger partial charge >= 0.3 is 0 Å². The molecule has 0 aliphatic rings. The number of aromatic nitrogens is 1. The molecule has 24 heavy (non-hydrogen) atoms. The summed E-state index contributed by atoms with van der Waals surface area (Å²) in [7, 11) is 0. The highest BCUT2D eigenvalue weighted by molar-refractivity contribution is 5.95. The maximum absolute atomic E-state index is 14.0. The van der Waals surface area contributed by atoms with Crippen LogP contribution in [0.3, 0.4) is 0 Å². The molecule has 0 spiro atoms. The maximum atomic E-state index is 14.0. The lowest BCUT2D eigenvalue weighted by atomic mass is 10.0. The third kappa shape index (κ3) is 4.46. The van der Waals surface area contributed by atoms with Crippen molar-refractivity contribution in [3.8, 4) is 11.3 Å². The Kier molecular flexibility index (Phi) is 6.17. The summed E-state index contributed by atoms with van der Waals surface area (Å²) in [5.41, 5.74) is 2.27. The molecule has 128 valence electrons. The fourth-order valence-electron chi connectivity index (χ4n) is 2.41. The highest BCUT2D eigenvalue weighted by Crippen LogP contribution is 2.20. The SMILES string of the molecule is CC(=O)c1cccc(-c2ccc(F)c(CN[C@@H](CO)C(C)C)n2)c1. The third-order valence-corrected chi connectivity index (χ3v) is 4.02. The minimum absolute atomic E-state index is 0.0143. The second-order valence-electron chi connectivity index (χ2n) is 6.18. The highest BCUT2D eigenvalue weighted by Gasteiger charge is 2.14. The number of aliphatic hydroxyl groups excluding tert-OH is 1. The summed E-state index contributed by atoms with van der Waals surface area (Å²) in [6.07, 6.45) is 0. The van der Waals surface area contributed by atoms with Gasteiger partial charge in [0.15, 0.2) is 5.78 Å². The van der Waals surface area contributed by atoms with E-state index in [9.17, 15) is 14.3 Å². The molecule has 1 aromatic carbocycles. The summed E-state index contributed by atoms with van der Waals surface area (Å²) >= 11 is 0. The van der Waals surface area contributed by atoms with Crippen LogP contribution in [0, 0.1) is 11.7 Å². The molecule has 0 saturated heterocycles. The smallest absolute Gasteiger partial charge is 0.159 e. The second kappa shape index (κ2) is 8.13. The molecule has 1 atom stereocenters. The molecule has 0 saturated carbocycles. The van der Waals surface area contributed by atoms with Crippen LogP contribution in [0.15, 0.2) is 36.4 Å². The van der Waals surface area contributed by atoms with Crippen LogP contribution in [0.1, 0.15) is 36.8 Å². The molecule has 1 heterocycles. The summed E-state index contributed by atoms with van der Waals surface area (Å²) in [5.74, 6) is -0.188. The molecule has 0 aliphatic carbocycles. The largest absolute Gasteiger partial charge is 0.395 e. The Labute approximate surface area is 141 Å². The van der Waals surface area contributed by atoms with Gasteiger partial charge in [0.1, 0.15) is 5.82 Å². The number of pyridine rings is 1. The Morgan fingerprint density at radius 2 is 2.04 bits per heavy atom. The zero-order valence-corrected chi connectivity index (χ0v) is 14.2. The van der Waals surface area contributed by atoms with E-state index in [2.05, 4.69) is 10.3 Å². The Balaban J connectivity index is 2.25. The molecule has 0 aliphatic heterocycles. The van der Waals surface area contributed by atoms with Crippen LogP contribution in [0.5, 0.6) is 0 Å². The van der Waals surface area contributed by atoms with Gasteiger partial charge < -0.3 is 10.4 Å². The summed E-state index contributed by atoms with van der Waals surface area (Å²) in [5, 5.41) is 12.5. The molecule has 0 fully saturated rings. The number of Topliss-reactive ketones (excluding diaryl/α,β-unsaturated/α-hetero) is 1. The summed E-state index contributed by atoms with van der Waals surface area (Å²) < 4.78 is 14.0. The maximum Gasteiger partial charge on any atom is 0.159 e. The third-order valence-electron chi connectivity index (χ3n) is 4.02. The minimum Gasteiger partial charge on any atom is -0.395 e. The number of ketones is 1. The predicted molar refractivity (Wildman–Crippen MR) is 92.2 cm³/mol. The Morgan fingerprint density at radius 3 is 2.67 bits per heavy atom. The molecule has 2 N–H and O–H groups in total. The number of nitrogens with one attached hydrogen (secondary N) is 1. The number of nitrogens with zero attached hydrogens (tertiary/aromatic N) is 1. The van der Waals surface area contributed by atoms with E-state index in [0.29, 0.717) is 17.0 Å². The molecule has 2 rings (SSSR count). The molecule has 5 heteroatoms. The van der Waals surface area contributed by atoms with E-state index in [1.54, 1.807) is 24.3 Å². The molecule has 4 nitrogen and oxygen atoms in total. The van der Waals surface area contributed by atoms with E-state index >= 15 is 0 Å². The van der Waals surface area contributed by atoms with E-state index in [1.165, 1.54) is 13.0 Å². The Morgan fingerprint density at radius 1 is 1.29 bits per heavy atom. The van der Waals surface area contributed by atoms with Crippen molar-refractivity contribution in [3.05, 3.63) is 53.5 Å². The number of benzene rings is 1. The van der Waals surface area contributed by atoms with Gasteiger partial charge in [0.05, 0.1) is 18.0 Å². The molecule has 0 unspecified atom stereocenters. The van der Waals surface area contributed by atoms with Crippen molar-refractivity contribution in [1.82, 2.24) is 10.3 Å². The van der Waals surface area contributed by atoms with Crippen LogP contribution < -0.4 is 5.32 Å². The van der Waals surface area contributed by atoms with Gasteiger partial charge in [-0.2, -0.15) is 0 Å². The number of halogens is 1. The fraction of sp³-hybridized carbons (Fsp3) is 0.368. The van der Waals surface area contributed by atoms with E-state index < -0.39 is 5.82 Å². The van der Waals surface area contributed by atoms with Gasteiger partial charge in [-0.3, -0.25) is 4.79 Å². The van der Waals surface area contributed by atoms with Crippen LogP contribution in [0.25, 0.3) is 11.3 Å². The van der Waals surface area contributed by atoms with Crippen molar-refractivity contribution in [2.75, 3.05) is 6.61 Å². The lowest BCUT2D eigenvalue weighted by Gasteiger charge is -2.20. The fourth-order valence-corrected chi connectivity index (χ4v) is 2.41. The lowest BCUT2D eigenvalue weighted by molar-refractivity contribution is 0.101. The first-order chi connectivity index (χ1) is 11.4. The van der Waals surface area contributed by atoms with Gasteiger partial charge in [-0.1, -0.05) is 32.0 Å². The van der Waals surface area contributed by atoms with Gasteiger partial charge in [0.25, 0.3) is 0 Å². The Bertz CT molecular complexity index is 716. The van der Waals surface area contributed by atoms with E-state index in [1.807, 2.05) is 19.9 Å². The zero-order valence-electron chi connectivity index (χ0n) is 14.2. The normalized spacial score (nSPS) is 12.4. The Hall–Kier alpha value is -2.11. The standard InChI is InChI=1S/C19H23FN2O2/c1-12(2)19(11-23)21-10-18-16(20)7-8-17(22-18)15-6-4-5-14(9-15)13(3)24/h4-9,12,19,21,23H,10-11H2,1-3H3/t19-/m0/s1. The van der Waals surface area contributed by atoms with Crippen molar-refractivity contribution < 1.29 is 14.3 Å². The zero-order chi connectivity index (χ0) is 17.7. The monoisotopic (exact) mass is 330 g/mol. The number of rotatable bonds is 7. The second-order valence-corrected chi connectivity index (χ2v) is 6.18. The van der Waals surface area contributed by atoms with Gasteiger partial charge in [-0.05, 0) is 31.0 Å². The number of hydrogen-bond acceptors (Lipinski definition) is 4. The number of hydrogen-bond donors (Lipinski definition) is 2. The number of aliphatic hydroxyl groups is 1. The average Bonchev–Trinajstić information content (AvgIpc) is 2.56. The molecular weight excluding hydrogens is 307 g/mol. The van der Waals surface area contributed by atoms with Crippen molar-refractivity contribution in [2.45, 2.75) is 33.4 Å². The molecule has 2 aromatic rings. The van der Waals surface area contributed by atoms with Gasteiger partial charge in [-0.25, -0.2) is 9.37 Å². The summed E-state index contributed by atoms with van der Waals surface area (Å²) in [6.45, 7) is 5.70. The van der Waals surface area contributed by atoms with Crippen molar-refractivity contribution >= 4 is 5.78 Å². The van der Waals surface area contributed by atoms with Crippen LogP contribution in [0.4, 0.5) is 4.39 Å². The van der Waals surface area contributed by atoms with Gasteiger partial charge in [0.2, 0.25) is 0 Å². The quantitative estimate of drug-likeness (QED) is 0.765. The first-order valence-corrected chi connectivity index (χ1v) is 8.03.